The van der Waals surface area contributed by atoms with Gasteiger partial charge in [0.05, 0.1) is 38.3 Å². The number of morpholine rings is 1. The number of nitrogens with zero attached hydrogens (tertiary/aromatic N) is 4. The minimum Gasteiger partial charge on any atom is -0.496 e. The number of methoxy groups -OCH3 is 1. The van der Waals surface area contributed by atoms with Crippen LogP contribution in [0, 0.1) is 0 Å². The molecule has 2 aromatic heterocycles. The lowest BCUT2D eigenvalue weighted by atomic mass is 10.1. The number of pyridine rings is 2. The molecule has 0 radical (unpaired) electrons. The fraction of sp³-hybridized carbons (Fsp3) is 0.440. The van der Waals surface area contributed by atoms with Crippen LogP contribution in [0.5, 0.6) is 5.75 Å². The van der Waals surface area contributed by atoms with Gasteiger partial charge in [0.15, 0.2) is 5.65 Å². The molecule has 1 atom stereocenters. The summed E-state index contributed by atoms with van der Waals surface area (Å²) in [4.78, 5) is 14.7. The Kier molecular flexibility index (Phi) is 6.30. The molecule has 0 unspecified atom stereocenters. The predicted molar refractivity (Wildman–Crippen MR) is 130 cm³/mol. The van der Waals surface area contributed by atoms with Crippen LogP contribution < -0.4 is 19.9 Å². The van der Waals surface area contributed by atoms with Crippen LogP contribution in [0.25, 0.3) is 22.3 Å². The van der Waals surface area contributed by atoms with Crippen molar-refractivity contribution in [2.75, 3.05) is 62.8 Å². The number of hydrogen-bond donors (Lipinski definition) is 2. The molecule has 2 saturated heterocycles. The Balaban J connectivity index is 1.62. The molecule has 2 fully saturated rings. The van der Waals surface area contributed by atoms with Gasteiger partial charge in [-0.1, -0.05) is 0 Å². The summed E-state index contributed by atoms with van der Waals surface area (Å²) in [6.45, 7) is 8.15. The van der Waals surface area contributed by atoms with E-state index in [-0.39, 0.29) is 12.6 Å². The van der Waals surface area contributed by atoms with Crippen molar-refractivity contribution in [2.24, 2.45) is 0 Å². The zero-order valence-electron chi connectivity index (χ0n) is 19.3. The number of benzene rings is 1. The Morgan fingerprint density at radius 3 is 2.73 bits per heavy atom. The summed E-state index contributed by atoms with van der Waals surface area (Å²) in [5.41, 5.74) is 4.39. The van der Waals surface area contributed by atoms with Crippen molar-refractivity contribution in [3.63, 3.8) is 0 Å². The molecule has 3 aromatic rings. The van der Waals surface area contributed by atoms with Crippen LogP contribution in [-0.4, -0.2) is 74.2 Å². The number of hydrogen-bond acceptors (Lipinski definition) is 8. The SMILES string of the molecule is COc1ccc(-c2ccc3c(N4CCOC[C@@H]4C)cc(N4CCNCC4)nc3n2)cc1CO. The number of fused-ring (bicyclic) bond motifs is 1. The van der Waals surface area contributed by atoms with E-state index in [4.69, 9.17) is 19.4 Å². The molecule has 0 spiro atoms. The minimum atomic E-state index is -0.0882. The van der Waals surface area contributed by atoms with E-state index in [9.17, 15) is 5.11 Å². The topological polar surface area (TPSA) is 83.0 Å². The molecule has 2 N–H and O–H groups in total. The van der Waals surface area contributed by atoms with Crippen LogP contribution in [0.2, 0.25) is 0 Å². The third kappa shape index (κ3) is 4.34. The number of nitrogens with one attached hydrogen (secondary N) is 1. The van der Waals surface area contributed by atoms with Crippen LogP contribution in [0.15, 0.2) is 36.4 Å². The van der Waals surface area contributed by atoms with Gasteiger partial charge in [0.25, 0.3) is 0 Å². The molecule has 0 aliphatic carbocycles. The Hall–Kier alpha value is -2.94. The van der Waals surface area contributed by atoms with Gasteiger partial charge in [-0.05, 0) is 37.3 Å². The molecule has 5 rings (SSSR count). The highest BCUT2D eigenvalue weighted by atomic mass is 16.5. The Morgan fingerprint density at radius 1 is 1.12 bits per heavy atom. The molecule has 0 amide bonds. The third-order valence-corrected chi connectivity index (χ3v) is 6.50. The maximum absolute atomic E-state index is 9.74. The summed E-state index contributed by atoms with van der Waals surface area (Å²) in [7, 11) is 1.61. The predicted octanol–water partition coefficient (Wildman–Crippen LogP) is 2.43. The monoisotopic (exact) mass is 449 g/mol. The number of rotatable bonds is 5. The van der Waals surface area contributed by atoms with Crippen LogP contribution in [0.4, 0.5) is 11.5 Å². The van der Waals surface area contributed by atoms with Crippen molar-refractivity contribution < 1.29 is 14.6 Å². The van der Waals surface area contributed by atoms with E-state index in [0.717, 1.165) is 78.7 Å². The first-order valence-electron chi connectivity index (χ1n) is 11.6. The molecule has 2 aliphatic rings. The van der Waals surface area contributed by atoms with Crippen LogP contribution in [0.3, 0.4) is 0 Å². The first-order valence-corrected chi connectivity index (χ1v) is 11.6. The van der Waals surface area contributed by atoms with Gasteiger partial charge in [0.2, 0.25) is 0 Å². The molecular weight excluding hydrogens is 418 g/mol. The third-order valence-electron chi connectivity index (χ3n) is 6.50. The molecule has 8 nitrogen and oxygen atoms in total. The second-order valence-electron chi connectivity index (χ2n) is 8.61. The summed E-state index contributed by atoms with van der Waals surface area (Å²) in [5, 5.41) is 14.2. The summed E-state index contributed by atoms with van der Waals surface area (Å²) >= 11 is 0. The van der Waals surface area contributed by atoms with Gasteiger partial charge in [-0.15, -0.1) is 0 Å². The summed E-state index contributed by atoms with van der Waals surface area (Å²) < 4.78 is 11.0. The molecule has 0 saturated carbocycles. The highest BCUT2D eigenvalue weighted by Crippen LogP contribution is 2.34. The van der Waals surface area contributed by atoms with E-state index in [1.165, 1.54) is 0 Å². The van der Waals surface area contributed by atoms with E-state index in [1.807, 2.05) is 24.3 Å². The Labute approximate surface area is 194 Å². The van der Waals surface area contributed by atoms with Crippen molar-refractivity contribution in [1.29, 1.82) is 0 Å². The fourth-order valence-corrected chi connectivity index (χ4v) is 4.68. The van der Waals surface area contributed by atoms with Crippen LogP contribution in [0.1, 0.15) is 12.5 Å². The van der Waals surface area contributed by atoms with Crippen molar-refractivity contribution in [1.82, 2.24) is 15.3 Å². The molecule has 4 heterocycles. The lowest BCUT2D eigenvalue weighted by Crippen LogP contribution is -2.45. The van der Waals surface area contributed by atoms with Gasteiger partial charge in [0, 0.05) is 61.3 Å². The van der Waals surface area contributed by atoms with Gasteiger partial charge in [-0.2, -0.15) is 0 Å². The minimum absolute atomic E-state index is 0.0882. The zero-order valence-corrected chi connectivity index (χ0v) is 19.3. The van der Waals surface area contributed by atoms with Crippen LogP contribution >= 0.6 is 0 Å². The molecule has 0 bridgehead atoms. The smallest absolute Gasteiger partial charge is 0.164 e. The van der Waals surface area contributed by atoms with Crippen molar-refractivity contribution in [3.8, 4) is 17.0 Å². The largest absolute Gasteiger partial charge is 0.496 e. The average Bonchev–Trinajstić information content (AvgIpc) is 2.88. The summed E-state index contributed by atoms with van der Waals surface area (Å²) in [6.07, 6.45) is 0. The van der Waals surface area contributed by atoms with E-state index in [2.05, 4.69) is 34.2 Å². The summed E-state index contributed by atoms with van der Waals surface area (Å²) in [6, 6.07) is 12.4. The number of ether oxygens (including phenoxy) is 2. The van der Waals surface area contributed by atoms with E-state index in [1.54, 1.807) is 7.11 Å². The normalized spacial score (nSPS) is 19.2. The van der Waals surface area contributed by atoms with Crippen LogP contribution in [-0.2, 0) is 11.3 Å². The second-order valence-corrected chi connectivity index (χ2v) is 8.61. The number of aromatic nitrogens is 2. The molecule has 2 aliphatic heterocycles. The van der Waals surface area contributed by atoms with E-state index in [0.29, 0.717) is 12.4 Å². The molecule has 33 heavy (non-hydrogen) atoms. The fourth-order valence-electron chi connectivity index (χ4n) is 4.68. The lowest BCUT2D eigenvalue weighted by Gasteiger charge is -2.37. The Bertz CT molecular complexity index is 1130. The number of aliphatic hydroxyl groups is 1. The van der Waals surface area contributed by atoms with Gasteiger partial charge < -0.3 is 29.7 Å². The highest BCUT2D eigenvalue weighted by molar-refractivity contribution is 5.93. The average molecular weight is 450 g/mol. The van der Waals surface area contributed by atoms with E-state index >= 15 is 0 Å². The maximum Gasteiger partial charge on any atom is 0.164 e. The van der Waals surface area contributed by atoms with E-state index < -0.39 is 0 Å². The number of aliphatic hydroxyl groups excluding tert-OH is 1. The van der Waals surface area contributed by atoms with Crippen molar-refractivity contribution in [3.05, 3.63) is 42.0 Å². The second kappa shape index (κ2) is 9.51. The maximum atomic E-state index is 9.74. The van der Waals surface area contributed by atoms with Gasteiger partial charge in [-0.3, -0.25) is 0 Å². The lowest BCUT2D eigenvalue weighted by molar-refractivity contribution is 0.0991. The number of anilines is 2. The van der Waals surface area contributed by atoms with Gasteiger partial charge in [0.1, 0.15) is 11.6 Å². The first-order chi connectivity index (χ1) is 16.2. The quantitative estimate of drug-likeness (QED) is 0.615. The summed E-state index contributed by atoms with van der Waals surface area (Å²) in [5.74, 6) is 1.64. The van der Waals surface area contributed by atoms with Gasteiger partial charge in [-0.25, -0.2) is 9.97 Å². The number of piperazine rings is 1. The standard InChI is InChI=1S/C25H31N5O3/c1-17-16-33-12-11-30(17)22-14-24(29-9-7-26-8-10-29)28-25-20(22)4-5-21(27-25)18-3-6-23(32-2)19(13-18)15-31/h3-6,13-14,17,26,31H,7-12,15-16H2,1-2H3/t17-/m0/s1. The molecular formula is C25H31N5O3. The van der Waals surface area contributed by atoms with Crippen molar-refractivity contribution >= 4 is 22.5 Å². The molecule has 174 valence electrons. The molecule has 8 heteroatoms. The molecule has 1 aromatic carbocycles. The van der Waals surface area contributed by atoms with Crippen molar-refractivity contribution in [2.45, 2.75) is 19.6 Å². The Morgan fingerprint density at radius 2 is 1.97 bits per heavy atom. The van der Waals surface area contributed by atoms with Gasteiger partial charge >= 0.3 is 0 Å². The zero-order chi connectivity index (χ0) is 22.8. The highest BCUT2D eigenvalue weighted by Gasteiger charge is 2.24. The first kappa shape index (κ1) is 21.9.